The van der Waals surface area contributed by atoms with Gasteiger partial charge in [0.25, 0.3) is 5.91 Å². The average Bonchev–Trinajstić information content (AvgIpc) is 3.06. The lowest BCUT2D eigenvalue weighted by atomic mass is 9.95. The van der Waals surface area contributed by atoms with Crippen molar-refractivity contribution in [3.63, 3.8) is 0 Å². The Bertz CT molecular complexity index is 942. The minimum atomic E-state index is -0.526. The summed E-state index contributed by atoms with van der Waals surface area (Å²) in [5.74, 6) is 0.581. The van der Waals surface area contributed by atoms with Gasteiger partial charge in [-0.15, -0.1) is 0 Å². The van der Waals surface area contributed by atoms with Gasteiger partial charge in [-0.05, 0) is 18.2 Å². The molecule has 0 spiro atoms. The molecule has 0 saturated heterocycles. The van der Waals surface area contributed by atoms with Crippen molar-refractivity contribution in [3.8, 4) is 5.75 Å². The second-order valence-electron chi connectivity index (χ2n) is 6.84. The Kier molecular flexibility index (Phi) is 4.73. The smallest absolute Gasteiger partial charge is 0.322 e. The Balaban J connectivity index is 1.63. The highest BCUT2D eigenvalue weighted by molar-refractivity contribution is 6.01. The third-order valence-corrected chi connectivity index (χ3v) is 5.25. The number of ether oxygens (including phenoxy) is 1. The summed E-state index contributed by atoms with van der Waals surface area (Å²) in [6.45, 7) is 0.958. The number of para-hydroxylation sites is 1. The van der Waals surface area contributed by atoms with Crippen LogP contribution in [0.15, 0.2) is 59.9 Å². The predicted octanol–water partition coefficient (Wildman–Crippen LogP) is 2.13. The molecule has 1 N–H and O–H groups in total. The molecule has 7 heteroatoms. The molecule has 2 aromatic rings. The molecule has 3 heterocycles. The first-order chi connectivity index (χ1) is 13.6. The van der Waals surface area contributed by atoms with Crippen molar-refractivity contribution in [2.45, 2.75) is 12.5 Å². The lowest BCUT2D eigenvalue weighted by Crippen LogP contribution is -2.45. The molecule has 28 heavy (non-hydrogen) atoms. The SMILES string of the molecule is COc1ccccc1[C@H]1NC(=O)N(C)C2=C1C(=O)N(CCc1ccccn1)C2. The van der Waals surface area contributed by atoms with Crippen LogP contribution in [0.25, 0.3) is 0 Å². The minimum absolute atomic E-state index is 0.0614. The van der Waals surface area contributed by atoms with Crippen LogP contribution in [0.1, 0.15) is 17.3 Å². The maximum absolute atomic E-state index is 13.2. The van der Waals surface area contributed by atoms with Gasteiger partial charge in [-0.1, -0.05) is 24.3 Å². The fourth-order valence-corrected chi connectivity index (χ4v) is 3.74. The number of carbonyl (C=O) groups is 2. The van der Waals surface area contributed by atoms with Crippen LogP contribution < -0.4 is 10.1 Å². The van der Waals surface area contributed by atoms with Gasteiger partial charge in [0.1, 0.15) is 5.75 Å². The van der Waals surface area contributed by atoms with Gasteiger partial charge in [0.2, 0.25) is 0 Å². The maximum Gasteiger partial charge on any atom is 0.322 e. The Morgan fingerprint density at radius 1 is 1.18 bits per heavy atom. The van der Waals surface area contributed by atoms with Crippen molar-refractivity contribution in [3.05, 3.63) is 71.2 Å². The van der Waals surface area contributed by atoms with Crippen LogP contribution in [0, 0.1) is 0 Å². The van der Waals surface area contributed by atoms with Gasteiger partial charge in [-0.2, -0.15) is 0 Å². The average molecular weight is 378 g/mol. The predicted molar refractivity (Wildman–Crippen MR) is 104 cm³/mol. The molecule has 0 bridgehead atoms. The third kappa shape index (κ3) is 3.09. The summed E-state index contributed by atoms with van der Waals surface area (Å²) in [5.41, 5.74) is 3.06. The summed E-state index contributed by atoms with van der Waals surface area (Å²) in [4.78, 5) is 33.4. The van der Waals surface area contributed by atoms with Gasteiger partial charge in [0, 0.05) is 37.5 Å². The second kappa shape index (κ2) is 7.34. The molecule has 0 unspecified atom stereocenters. The molecule has 1 aromatic carbocycles. The molecule has 0 saturated carbocycles. The molecule has 1 atom stereocenters. The molecule has 0 aliphatic carbocycles. The molecule has 1 aromatic heterocycles. The number of rotatable bonds is 5. The van der Waals surface area contributed by atoms with Gasteiger partial charge >= 0.3 is 6.03 Å². The Labute approximate surface area is 163 Å². The zero-order valence-electron chi connectivity index (χ0n) is 15.9. The Morgan fingerprint density at radius 3 is 2.71 bits per heavy atom. The third-order valence-electron chi connectivity index (χ3n) is 5.25. The first-order valence-electron chi connectivity index (χ1n) is 9.19. The van der Waals surface area contributed by atoms with Crippen molar-refractivity contribution < 1.29 is 14.3 Å². The van der Waals surface area contributed by atoms with Gasteiger partial charge < -0.3 is 15.0 Å². The van der Waals surface area contributed by atoms with E-state index in [1.165, 1.54) is 4.90 Å². The van der Waals surface area contributed by atoms with E-state index in [9.17, 15) is 9.59 Å². The highest BCUT2D eigenvalue weighted by Crippen LogP contribution is 2.38. The van der Waals surface area contributed by atoms with Crippen LogP contribution in [0.2, 0.25) is 0 Å². The highest BCUT2D eigenvalue weighted by atomic mass is 16.5. The lowest BCUT2D eigenvalue weighted by Gasteiger charge is -2.31. The number of pyridine rings is 1. The van der Waals surface area contributed by atoms with Gasteiger partial charge in [0.05, 0.1) is 31.0 Å². The van der Waals surface area contributed by atoms with Crippen LogP contribution in [-0.4, -0.2) is 54.0 Å². The van der Waals surface area contributed by atoms with E-state index in [2.05, 4.69) is 10.3 Å². The van der Waals surface area contributed by atoms with E-state index in [4.69, 9.17) is 4.74 Å². The molecule has 7 nitrogen and oxygen atoms in total. The summed E-state index contributed by atoms with van der Waals surface area (Å²) in [6, 6.07) is 12.5. The Hall–Kier alpha value is -3.35. The summed E-state index contributed by atoms with van der Waals surface area (Å²) in [7, 11) is 3.28. The maximum atomic E-state index is 13.2. The van der Waals surface area contributed by atoms with Crippen molar-refractivity contribution in [1.82, 2.24) is 20.1 Å². The summed E-state index contributed by atoms with van der Waals surface area (Å²) < 4.78 is 5.46. The van der Waals surface area contributed by atoms with Crippen molar-refractivity contribution >= 4 is 11.9 Å². The van der Waals surface area contributed by atoms with Crippen molar-refractivity contribution in [2.75, 3.05) is 27.2 Å². The van der Waals surface area contributed by atoms with E-state index in [0.717, 1.165) is 17.0 Å². The molecule has 4 rings (SSSR count). The van der Waals surface area contributed by atoms with Gasteiger partial charge in [-0.3, -0.25) is 14.7 Å². The van der Waals surface area contributed by atoms with E-state index >= 15 is 0 Å². The quantitative estimate of drug-likeness (QED) is 0.865. The number of amides is 3. The number of aromatic nitrogens is 1. The van der Waals surface area contributed by atoms with Crippen LogP contribution >= 0.6 is 0 Å². The number of hydrogen-bond acceptors (Lipinski definition) is 4. The molecule has 3 amide bonds. The molecular formula is C21H22N4O3. The van der Waals surface area contributed by atoms with E-state index in [-0.39, 0.29) is 11.9 Å². The van der Waals surface area contributed by atoms with E-state index in [1.807, 2.05) is 42.5 Å². The van der Waals surface area contributed by atoms with E-state index in [1.54, 1.807) is 25.3 Å². The molecule has 2 aliphatic rings. The van der Waals surface area contributed by atoms with Gasteiger partial charge in [-0.25, -0.2) is 4.79 Å². The van der Waals surface area contributed by atoms with Crippen LogP contribution in [0.4, 0.5) is 4.79 Å². The normalized spacial score (nSPS) is 19.0. The number of carbonyl (C=O) groups excluding carboxylic acids is 2. The lowest BCUT2D eigenvalue weighted by molar-refractivity contribution is -0.125. The number of urea groups is 1. The number of nitrogens with one attached hydrogen (secondary N) is 1. The number of likely N-dealkylation sites (N-methyl/N-ethyl adjacent to an activating group) is 1. The summed E-state index contributed by atoms with van der Waals surface area (Å²) in [6.07, 6.45) is 2.41. The minimum Gasteiger partial charge on any atom is -0.496 e. The fourth-order valence-electron chi connectivity index (χ4n) is 3.74. The summed E-state index contributed by atoms with van der Waals surface area (Å²) >= 11 is 0. The molecule has 0 radical (unpaired) electrons. The number of benzene rings is 1. The van der Waals surface area contributed by atoms with E-state index in [0.29, 0.717) is 30.8 Å². The van der Waals surface area contributed by atoms with Crippen LogP contribution in [-0.2, 0) is 11.2 Å². The number of hydrogen-bond donors (Lipinski definition) is 1. The second-order valence-corrected chi connectivity index (χ2v) is 6.84. The molecule has 0 fully saturated rings. The first-order valence-corrected chi connectivity index (χ1v) is 9.19. The largest absolute Gasteiger partial charge is 0.496 e. The standard InChI is InChI=1S/C21H22N4O3/c1-24-16-13-25(12-10-14-7-5-6-11-22-14)20(26)18(16)19(23-21(24)27)15-8-3-4-9-17(15)28-2/h3-9,11,19H,10,12-13H2,1-2H3,(H,23,27)/t19-/m1/s1. The molecular weight excluding hydrogens is 356 g/mol. The van der Waals surface area contributed by atoms with Gasteiger partial charge in [0.15, 0.2) is 0 Å². The summed E-state index contributed by atoms with van der Waals surface area (Å²) in [5, 5.41) is 2.94. The molecule has 144 valence electrons. The van der Waals surface area contributed by atoms with Crippen LogP contribution in [0.3, 0.4) is 0 Å². The zero-order valence-corrected chi connectivity index (χ0v) is 15.9. The fraction of sp³-hybridized carbons (Fsp3) is 0.286. The molecule has 2 aliphatic heterocycles. The van der Waals surface area contributed by atoms with E-state index < -0.39 is 6.04 Å². The number of methoxy groups -OCH3 is 1. The van der Waals surface area contributed by atoms with Crippen molar-refractivity contribution in [2.24, 2.45) is 0 Å². The monoisotopic (exact) mass is 378 g/mol. The Morgan fingerprint density at radius 2 is 1.96 bits per heavy atom. The highest BCUT2D eigenvalue weighted by Gasteiger charge is 2.43. The van der Waals surface area contributed by atoms with Crippen molar-refractivity contribution in [1.29, 1.82) is 0 Å². The topological polar surface area (TPSA) is 74.8 Å². The van der Waals surface area contributed by atoms with Crippen LogP contribution in [0.5, 0.6) is 5.75 Å². The zero-order chi connectivity index (χ0) is 19.7. The first kappa shape index (κ1) is 18.0. The number of nitrogens with zero attached hydrogens (tertiary/aromatic N) is 3.